The SMILES string of the molecule is CCOc1nc(N)nc(Nc2cc(F)c(Br)cc2F)n1. The Hall–Kier alpha value is -2.03. The summed E-state index contributed by atoms with van der Waals surface area (Å²) >= 11 is 2.89. The van der Waals surface area contributed by atoms with Crippen molar-refractivity contribution in [1.29, 1.82) is 0 Å². The Morgan fingerprint density at radius 1 is 1.25 bits per heavy atom. The van der Waals surface area contributed by atoms with Crippen molar-refractivity contribution >= 4 is 33.5 Å². The predicted molar refractivity (Wildman–Crippen MR) is 72.7 cm³/mol. The topological polar surface area (TPSA) is 86.0 Å². The Morgan fingerprint density at radius 2 is 2.00 bits per heavy atom. The summed E-state index contributed by atoms with van der Waals surface area (Å²) < 4.78 is 32.2. The molecular formula is C11H10BrF2N5O. The van der Waals surface area contributed by atoms with Crippen LogP contribution in [0.15, 0.2) is 16.6 Å². The van der Waals surface area contributed by atoms with E-state index in [2.05, 4.69) is 36.2 Å². The third-order valence-electron chi connectivity index (χ3n) is 2.16. The Morgan fingerprint density at radius 3 is 2.70 bits per heavy atom. The van der Waals surface area contributed by atoms with Crippen LogP contribution in [0.25, 0.3) is 0 Å². The summed E-state index contributed by atoms with van der Waals surface area (Å²) in [6.07, 6.45) is 0. The molecule has 0 saturated carbocycles. The van der Waals surface area contributed by atoms with Gasteiger partial charge in [-0.05, 0) is 28.9 Å². The lowest BCUT2D eigenvalue weighted by Crippen LogP contribution is -2.07. The van der Waals surface area contributed by atoms with Gasteiger partial charge in [-0.3, -0.25) is 0 Å². The second-order valence-corrected chi connectivity index (χ2v) is 4.46. The van der Waals surface area contributed by atoms with Crippen molar-refractivity contribution in [2.75, 3.05) is 17.7 Å². The van der Waals surface area contributed by atoms with E-state index in [0.717, 1.165) is 12.1 Å². The van der Waals surface area contributed by atoms with Crippen LogP contribution in [-0.2, 0) is 0 Å². The number of aromatic nitrogens is 3. The van der Waals surface area contributed by atoms with E-state index >= 15 is 0 Å². The van der Waals surface area contributed by atoms with Crippen molar-refractivity contribution in [2.45, 2.75) is 6.92 Å². The minimum absolute atomic E-state index is 0.000455. The van der Waals surface area contributed by atoms with Gasteiger partial charge < -0.3 is 15.8 Å². The van der Waals surface area contributed by atoms with Gasteiger partial charge in [0.2, 0.25) is 11.9 Å². The molecule has 0 bridgehead atoms. The number of hydrogen-bond acceptors (Lipinski definition) is 6. The first-order valence-electron chi connectivity index (χ1n) is 5.55. The standard InChI is InChI=1S/C11H10BrF2N5O/c1-2-20-11-18-9(15)17-10(19-11)16-8-4-6(13)5(12)3-7(8)14/h3-4H,2H2,1H3,(H3,15,16,17,18,19). The lowest BCUT2D eigenvalue weighted by molar-refractivity contribution is 0.312. The molecule has 0 aliphatic carbocycles. The summed E-state index contributed by atoms with van der Waals surface area (Å²) in [6, 6.07) is 1.96. The first kappa shape index (κ1) is 14.4. The number of nitrogens with two attached hydrogens (primary N) is 1. The van der Waals surface area contributed by atoms with Crippen LogP contribution in [-0.4, -0.2) is 21.6 Å². The molecule has 1 aromatic heterocycles. The van der Waals surface area contributed by atoms with E-state index in [1.165, 1.54) is 0 Å². The molecule has 1 aromatic carbocycles. The van der Waals surface area contributed by atoms with Gasteiger partial charge in [0.1, 0.15) is 11.6 Å². The zero-order valence-corrected chi connectivity index (χ0v) is 11.9. The summed E-state index contributed by atoms with van der Waals surface area (Å²) in [5.74, 6) is -1.43. The third kappa shape index (κ3) is 3.29. The fraction of sp³-hybridized carbons (Fsp3) is 0.182. The maximum Gasteiger partial charge on any atom is 0.323 e. The quantitative estimate of drug-likeness (QED) is 0.828. The van der Waals surface area contributed by atoms with Crippen LogP contribution in [0.3, 0.4) is 0 Å². The molecule has 2 aromatic rings. The second kappa shape index (κ2) is 5.95. The minimum atomic E-state index is -0.671. The van der Waals surface area contributed by atoms with E-state index < -0.39 is 11.6 Å². The molecule has 2 rings (SSSR count). The van der Waals surface area contributed by atoms with E-state index in [1.54, 1.807) is 6.92 Å². The molecule has 3 N–H and O–H groups in total. The van der Waals surface area contributed by atoms with E-state index in [4.69, 9.17) is 10.5 Å². The summed E-state index contributed by atoms with van der Waals surface area (Å²) in [5.41, 5.74) is 5.35. The monoisotopic (exact) mass is 345 g/mol. The largest absolute Gasteiger partial charge is 0.464 e. The van der Waals surface area contributed by atoms with Crippen LogP contribution in [0, 0.1) is 11.6 Å². The maximum atomic E-state index is 13.7. The van der Waals surface area contributed by atoms with Crippen LogP contribution in [0.4, 0.5) is 26.4 Å². The van der Waals surface area contributed by atoms with E-state index in [0.29, 0.717) is 6.61 Å². The minimum Gasteiger partial charge on any atom is -0.464 e. The average molecular weight is 346 g/mol. The molecule has 0 radical (unpaired) electrons. The van der Waals surface area contributed by atoms with Crippen molar-refractivity contribution in [3.05, 3.63) is 28.2 Å². The van der Waals surface area contributed by atoms with Crippen molar-refractivity contribution in [2.24, 2.45) is 0 Å². The Balaban J connectivity index is 2.32. The summed E-state index contributed by atoms with van der Waals surface area (Å²) in [6.45, 7) is 2.08. The molecule has 0 atom stereocenters. The zero-order chi connectivity index (χ0) is 14.7. The molecule has 0 unspecified atom stereocenters. The Labute approximate surface area is 121 Å². The molecule has 1 heterocycles. The number of ether oxygens (including phenoxy) is 1. The summed E-state index contributed by atoms with van der Waals surface area (Å²) in [7, 11) is 0. The van der Waals surface area contributed by atoms with Gasteiger partial charge in [0.15, 0.2) is 0 Å². The van der Waals surface area contributed by atoms with Gasteiger partial charge in [-0.15, -0.1) is 0 Å². The first-order valence-corrected chi connectivity index (χ1v) is 6.34. The molecule has 6 nitrogen and oxygen atoms in total. The highest BCUT2D eigenvalue weighted by Crippen LogP contribution is 2.25. The van der Waals surface area contributed by atoms with Crippen molar-refractivity contribution in [3.63, 3.8) is 0 Å². The number of nitrogens with zero attached hydrogens (tertiary/aromatic N) is 3. The average Bonchev–Trinajstić information content (AvgIpc) is 2.35. The van der Waals surface area contributed by atoms with Crippen molar-refractivity contribution in [3.8, 4) is 6.01 Å². The van der Waals surface area contributed by atoms with Gasteiger partial charge in [0.25, 0.3) is 0 Å². The molecule has 0 fully saturated rings. The van der Waals surface area contributed by atoms with E-state index in [-0.39, 0.29) is 28.1 Å². The van der Waals surface area contributed by atoms with Crippen LogP contribution in [0.1, 0.15) is 6.92 Å². The van der Waals surface area contributed by atoms with Gasteiger partial charge in [0.05, 0.1) is 16.8 Å². The number of rotatable bonds is 4. The fourth-order valence-electron chi connectivity index (χ4n) is 1.36. The van der Waals surface area contributed by atoms with Crippen LogP contribution >= 0.6 is 15.9 Å². The lowest BCUT2D eigenvalue weighted by atomic mass is 10.3. The van der Waals surface area contributed by atoms with Gasteiger partial charge in [-0.25, -0.2) is 8.78 Å². The van der Waals surface area contributed by atoms with E-state index in [1.807, 2.05) is 0 Å². The number of benzene rings is 1. The Kier molecular flexibility index (Phi) is 4.28. The normalized spacial score (nSPS) is 10.4. The van der Waals surface area contributed by atoms with Gasteiger partial charge in [0, 0.05) is 6.07 Å². The van der Waals surface area contributed by atoms with Crippen molar-refractivity contribution in [1.82, 2.24) is 15.0 Å². The maximum absolute atomic E-state index is 13.7. The fourth-order valence-corrected chi connectivity index (χ4v) is 1.68. The smallest absolute Gasteiger partial charge is 0.323 e. The van der Waals surface area contributed by atoms with E-state index in [9.17, 15) is 8.78 Å². The van der Waals surface area contributed by atoms with Crippen molar-refractivity contribution < 1.29 is 13.5 Å². The first-order chi connectivity index (χ1) is 9.49. The number of anilines is 3. The summed E-state index contributed by atoms with van der Waals surface area (Å²) in [4.78, 5) is 11.4. The molecule has 0 aliphatic heterocycles. The molecular weight excluding hydrogens is 336 g/mol. The molecule has 0 spiro atoms. The highest BCUT2D eigenvalue weighted by atomic mass is 79.9. The number of nitrogen functional groups attached to an aromatic ring is 1. The molecule has 0 amide bonds. The Bertz CT molecular complexity index is 640. The molecule has 9 heteroatoms. The predicted octanol–water partition coefficient (Wildman–Crippen LogP) is 2.64. The third-order valence-corrected chi connectivity index (χ3v) is 2.77. The van der Waals surface area contributed by atoms with Gasteiger partial charge >= 0.3 is 6.01 Å². The van der Waals surface area contributed by atoms with Gasteiger partial charge in [-0.1, -0.05) is 0 Å². The zero-order valence-electron chi connectivity index (χ0n) is 10.3. The number of hydrogen-bond donors (Lipinski definition) is 2. The number of halogens is 3. The van der Waals surface area contributed by atoms with Crippen LogP contribution < -0.4 is 15.8 Å². The van der Waals surface area contributed by atoms with Crippen LogP contribution in [0.5, 0.6) is 6.01 Å². The lowest BCUT2D eigenvalue weighted by Gasteiger charge is -2.08. The highest BCUT2D eigenvalue weighted by Gasteiger charge is 2.11. The molecule has 0 saturated heterocycles. The van der Waals surface area contributed by atoms with Gasteiger partial charge in [-0.2, -0.15) is 15.0 Å². The molecule has 20 heavy (non-hydrogen) atoms. The second-order valence-electron chi connectivity index (χ2n) is 3.60. The van der Waals surface area contributed by atoms with Crippen LogP contribution in [0.2, 0.25) is 0 Å². The molecule has 106 valence electrons. The molecule has 0 aliphatic rings. The summed E-state index contributed by atoms with van der Waals surface area (Å²) in [5, 5.41) is 2.52. The highest BCUT2D eigenvalue weighted by molar-refractivity contribution is 9.10. The number of nitrogens with one attached hydrogen (secondary N) is 1.